The predicted octanol–water partition coefficient (Wildman–Crippen LogP) is 3.26. The molecule has 130 valence electrons. The number of allylic oxidation sites excluding steroid dienone is 1. The number of carboxylic acid groups (broad SMARTS) is 1. The highest BCUT2D eigenvalue weighted by Gasteiger charge is 2.28. The number of carbonyl (C=O) groups is 2. The molecule has 0 unspecified atom stereocenters. The van der Waals surface area contributed by atoms with Gasteiger partial charge < -0.3 is 19.1 Å². The number of aromatic nitrogens is 1. The first kappa shape index (κ1) is 16.0. The van der Waals surface area contributed by atoms with Crippen molar-refractivity contribution in [1.82, 2.24) is 4.57 Å². The standard InChI is InChI=1S/C20H15NO5/c1-21-10-12(14-4-2-3-5-16(14)21)8-18-20(24)15-7-6-13(9-17(15)26-18)25-11-19(22)23/h2-10H,11H2,1H3,(H,22,23)/b18-8+. The fourth-order valence-electron chi connectivity index (χ4n) is 3.03. The van der Waals surface area contributed by atoms with Gasteiger partial charge in [-0.3, -0.25) is 4.79 Å². The van der Waals surface area contributed by atoms with E-state index < -0.39 is 12.6 Å². The largest absolute Gasteiger partial charge is 0.482 e. The summed E-state index contributed by atoms with van der Waals surface area (Å²) in [6, 6.07) is 12.6. The van der Waals surface area contributed by atoms with E-state index in [-0.39, 0.29) is 11.5 Å². The highest BCUT2D eigenvalue weighted by molar-refractivity contribution is 6.15. The average Bonchev–Trinajstić information content (AvgIpc) is 3.11. The molecular formula is C20H15NO5. The van der Waals surface area contributed by atoms with Crippen LogP contribution in [0.15, 0.2) is 54.4 Å². The zero-order valence-corrected chi connectivity index (χ0v) is 13.9. The number of rotatable bonds is 4. The van der Waals surface area contributed by atoms with Crippen LogP contribution in [-0.4, -0.2) is 28.0 Å². The summed E-state index contributed by atoms with van der Waals surface area (Å²) in [4.78, 5) is 23.2. The van der Waals surface area contributed by atoms with Gasteiger partial charge in [0.15, 0.2) is 12.4 Å². The van der Waals surface area contributed by atoms with Gasteiger partial charge in [-0.05, 0) is 24.3 Å². The topological polar surface area (TPSA) is 77.8 Å². The van der Waals surface area contributed by atoms with E-state index in [1.54, 1.807) is 18.2 Å². The fraction of sp³-hybridized carbons (Fsp3) is 0.100. The Morgan fingerprint density at radius 3 is 2.88 bits per heavy atom. The van der Waals surface area contributed by atoms with Crippen LogP contribution in [0.4, 0.5) is 0 Å². The number of fused-ring (bicyclic) bond motifs is 2. The molecule has 6 nitrogen and oxygen atoms in total. The molecule has 0 aliphatic carbocycles. The van der Waals surface area contributed by atoms with Gasteiger partial charge in [-0.1, -0.05) is 18.2 Å². The number of para-hydroxylation sites is 1. The zero-order chi connectivity index (χ0) is 18.3. The van der Waals surface area contributed by atoms with Crippen molar-refractivity contribution in [1.29, 1.82) is 0 Å². The Kier molecular flexibility index (Phi) is 3.73. The van der Waals surface area contributed by atoms with Gasteiger partial charge in [0.05, 0.1) is 5.56 Å². The Labute approximate surface area is 148 Å². The molecule has 0 saturated carbocycles. The maximum absolute atomic E-state index is 12.6. The van der Waals surface area contributed by atoms with Crippen LogP contribution in [0.5, 0.6) is 11.5 Å². The summed E-state index contributed by atoms with van der Waals surface area (Å²) in [7, 11) is 1.95. The lowest BCUT2D eigenvalue weighted by atomic mass is 10.1. The number of benzene rings is 2. The minimum absolute atomic E-state index is 0.210. The Balaban J connectivity index is 1.67. The van der Waals surface area contributed by atoms with Crippen molar-refractivity contribution >= 4 is 28.7 Å². The van der Waals surface area contributed by atoms with Crippen LogP contribution in [-0.2, 0) is 11.8 Å². The molecule has 1 N–H and O–H groups in total. The molecule has 1 aliphatic rings. The predicted molar refractivity (Wildman–Crippen MR) is 95.4 cm³/mol. The molecule has 0 radical (unpaired) electrons. The minimum Gasteiger partial charge on any atom is -0.482 e. The van der Waals surface area contributed by atoms with Gasteiger partial charge in [0.1, 0.15) is 11.5 Å². The molecule has 0 fully saturated rings. The van der Waals surface area contributed by atoms with E-state index in [1.807, 2.05) is 42.1 Å². The van der Waals surface area contributed by atoms with Crippen molar-refractivity contribution in [3.8, 4) is 11.5 Å². The van der Waals surface area contributed by atoms with Gasteiger partial charge in [-0.15, -0.1) is 0 Å². The van der Waals surface area contributed by atoms with E-state index in [2.05, 4.69) is 0 Å². The molecule has 26 heavy (non-hydrogen) atoms. The maximum Gasteiger partial charge on any atom is 0.341 e. The number of hydrogen-bond acceptors (Lipinski definition) is 4. The second-order valence-corrected chi connectivity index (χ2v) is 5.99. The Hall–Kier alpha value is -3.54. The second kappa shape index (κ2) is 6.07. The number of hydrogen-bond donors (Lipinski definition) is 1. The van der Waals surface area contributed by atoms with Crippen molar-refractivity contribution in [3.05, 3.63) is 65.5 Å². The smallest absolute Gasteiger partial charge is 0.341 e. The summed E-state index contributed by atoms with van der Waals surface area (Å²) >= 11 is 0. The summed E-state index contributed by atoms with van der Waals surface area (Å²) in [5.74, 6) is -0.349. The van der Waals surface area contributed by atoms with E-state index in [0.717, 1.165) is 16.5 Å². The molecule has 6 heteroatoms. The number of aliphatic carboxylic acids is 1. The Morgan fingerprint density at radius 2 is 2.08 bits per heavy atom. The van der Waals surface area contributed by atoms with E-state index in [9.17, 15) is 9.59 Å². The number of nitrogens with zero attached hydrogens (tertiary/aromatic N) is 1. The van der Waals surface area contributed by atoms with Gasteiger partial charge in [0, 0.05) is 35.8 Å². The number of carboxylic acids is 1. The summed E-state index contributed by atoms with van der Waals surface area (Å²) in [5, 5.41) is 9.71. The quantitative estimate of drug-likeness (QED) is 0.732. The van der Waals surface area contributed by atoms with Crippen LogP contribution in [0.3, 0.4) is 0 Å². The highest BCUT2D eigenvalue weighted by Crippen LogP contribution is 2.35. The lowest BCUT2D eigenvalue weighted by Crippen LogP contribution is -2.09. The number of ketones is 1. The van der Waals surface area contributed by atoms with Crippen LogP contribution in [0.1, 0.15) is 15.9 Å². The molecule has 0 saturated heterocycles. The first-order valence-corrected chi connectivity index (χ1v) is 8.00. The van der Waals surface area contributed by atoms with Crippen LogP contribution in [0, 0.1) is 0 Å². The van der Waals surface area contributed by atoms with E-state index in [1.165, 1.54) is 6.07 Å². The molecule has 0 bridgehead atoms. The fourth-order valence-corrected chi connectivity index (χ4v) is 3.03. The van der Waals surface area contributed by atoms with Gasteiger partial charge in [0.2, 0.25) is 5.78 Å². The summed E-state index contributed by atoms with van der Waals surface area (Å²) in [6.07, 6.45) is 3.67. The lowest BCUT2D eigenvalue weighted by molar-refractivity contribution is -0.139. The first-order chi connectivity index (χ1) is 12.5. The molecule has 0 atom stereocenters. The summed E-state index contributed by atoms with van der Waals surface area (Å²) < 4.78 is 12.8. The van der Waals surface area contributed by atoms with Gasteiger partial charge in [-0.2, -0.15) is 0 Å². The molecule has 1 aliphatic heterocycles. The van der Waals surface area contributed by atoms with Crippen molar-refractivity contribution < 1.29 is 24.2 Å². The third kappa shape index (κ3) is 2.71. The van der Waals surface area contributed by atoms with Gasteiger partial charge >= 0.3 is 5.97 Å². The number of aryl methyl sites for hydroxylation is 1. The van der Waals surface area contributed by atoms with Gasteiger partial charge in [0.25, 0.3) is 0 Å². The molecule has 3 aromatic rings. The van der Waals surface area contributed by atoms with Crippen LogP contribution in [0.25, 0.3) is 17.0 Å². The van der Waals surface area contributed by atoms with Crippen LogP contribution < -0.4 is 9.47 Å². The first-order valence-electron chi connectivity index (χ1n) is 8.00. The SMILES string of the molecule is Cn1cc(/C=C2/Oc3cc(OCC(=O)O)ccc3C2=O)c2ccccc21. The third-order valence-corrected chi connectivity index (χ3v) is 4.22. The minimum atomic E-state index is -1.07. The summed E-state index contributed by atoms with van der Waals surface area (Å²) in [5.41, 5.74) is 2.38. The molecule has 2 aromatic carbocycles. The maximum atomic E-state index is 12.6. The van der Waals surface area contributed by atoms with Crippen molar-refractivity contribution in [2.75, 3.05) is 6.61 Å². The highest BCUT2D eigenvalue weighted by atomic mass is 16.5. The Morgan fingerprint density at radius 1 is 1.27 bits per heavy atom. The zero-order valence-electron chi connectivity index (χ0n) is 13.9. The summed E-state index contributed by atoms with van der Waals surface area (Å²) in [6.45, 7) is -0.453. The van der Waals surface area contributed by atoms with Crippen LogP contribution in [0.2, 0.25) is 0 Å². The molecular weight excluding hydrogens is 334 g/mol. The van der Waals surface area contributed by atoms with E-state index >= 15 is 0 Å². The molecule has 4 rings (SSSR count). The molecule has 0 amide bonds. The number of carbonyl (C=O) groups excluding carboxylic acids is 1. The second-order valence-electron chi connectivity index (χ2n) is 5.99. The normalized spacial score (nSPS) is 14.5. The van der Waals surface area contributed by atoms with E-state index in [0.29, 0.717) is 17.1 Å². The third-order valence-electron chi connectivity index (χ3n) is 4.22. The van der Waals surface area contributed by atoms with E-state index in [4.69, 9.17) is 14.6 Å². The monoisotopic (exact) mass is 349 g/mol. The molecule has 2 heterocycles. The lowest BCUT2D eigenvalue weighted by Gasteiger charge is -2.04. The average molecular weight is 349 g/mol. The van der Waals surface area contributed by atoms with Crippen molar-refractivity contribution in [2.45, 2.75) is 0 Å². The number of Topliss-reactive ketones (excluding diaryl/α,β-unsaturated/α-hetero) is 1. The Bertz CT molecular complexity index is 1080. The molecule has 0 spiro atoms. The van der Waals surface area contributed by atoms with Crippen LogP contribution >= 0.6 is 0 Å². The number of ether oxygens (including phenoxy) is 2. The van der Waals surface area contributed by atoms with Crippen molar-refractivity contribution in [2.24, 2.45) is 7.05 Å². The molecule has 1 aromatic heterocycles. The van der Waals surface area contributed by atoms with Crippen molar-refractivity contribution in [3.63, 3.8) is 0 Å². The van der Waals surface area contributed by atoms with Gasteiger partial charge in [-0.25, -0.2) is 4.79 Å².